The molecule has 1 aliphatic rings. The van der Waals surface area contributed by atoms with Crippen molar-refractivity contribution in [1.82, 2.24) is 9.88 Å². The van der Waals surface area contributed by atoms with Crippen LogP contribution in [-0.4, -0.2) is 28.1 Å². The molecule has 2 aromatic rings. The van der Waals surface area contributed by atoms with Gasteiger partial charge in [-0.2, -0.15) is 0 Å². The number of nitrogens with two attached hydrogens (primary N) is 2. The van der Waals surface area contributed by atoms with Crippen molar-refractivity contribution < 1.29 is 5.11 Å². The number of aromatic amines is 1. The number of nitrogen functional groups attached to an aromatic ring is 1. The Kier molecular flexibility index (Phi) is 4.05. The predicted octanol–water partition coefficient (Wildman–Crippen LogP) is 2.70. The first-order valence-electron chi connectivity index (χ1n) is 8.02. The molecule has 0 fully saturated rings. The molecule has 5 heteroatoms. The van der Waals surface area contributed by atoms with Gasteiger partial charge >= 0.3 is 0 Å². The van der Waals surface area contributed by atoms with Gasteiger partial charge in [-0.1, -0.05) is 19.1 Å². The molecule has 0 spiro atoms. The van der Waals surface area contributed by atoms with Crippen molar-refractivity contribution in [2.45, 2.75) is 26.3 Å². The highest BCUT2D eigenvalue weighted by Crippen LogP contribution is 2.36. The molecular formula is C18H24N4O. The Balaban J connectivity index is 2.06. The second-order valence-electron chi connectivity index (χ2n) is 6.02. The molecule has 3 rings (SSSR count). The van der Waals surface area contributed by atoms with E-state index < -0.39 is 0 Å². The normalized spacial score (nSPS) is 18.9. The van der Waals surface area contributed by atoms with E-state index in [0.29, 0.717) is 23.1 Å². The molecular weight excluding hydrogens is 288 g/mol. The monoisotopic (exact) mass is 312 g/mol. The van der Waals surface area contributed by atoms with Crippen molar-refractivity contribution >= 4 is 17.6 Å². The number of rotatable bonds is 3. The number of H-pyrrole nitrogens is 1. The zero-order valence-electron chi connectivity index (χ0n) is 13.6. The van der Waals surface area contributed by atoms with Gasteiger partial charge < -0.3 is 21.6 Å². The molecule has 122 valence electrons. The van der Waals surface area contributed by atoms with Gasteiger partial charge in [0.15, 0.2) is 0 Å². The smallest absolute Gasteiger partial charge is 0.124 e. The molecule has 1 aromatic heterocycles. The summed E-state index contributed by atoms with van der Waals surface area (Å²) in [5.41, 5.74) is 16.9. The third-order valence-corrected chi connectivity index (χ3v) is 4.73. The molecule has 0 saturated heterocycles. The summed E-state index contributed by atoms with van der Waals surface area (Å²) in [5.74, 6) is 0.811. The van der Waals surface area contributed by atoms with Crippen LogP contribution in [0.5, 0.6) is 5.75 Å². The summed E-state index contributed by atoms with van der Waals surface area (Å²) >= 11 is 0. The number of para-hydroxylation sites is 1. The average Bonchev–Trinajstić information content (AvgIpc) is 2.85. The number of anilines is 1. The molecule has 0 bridgehead atoms. The minimum atomic E-state index is 0.174. The fourth-order valence-electron chi connectivity index (χ4n) is 3.45. The number of phenols is 1. The van der Waals surface area contributed by atoms with Gasteiger partial charge in [0, 0.05) is 41.5 Å². The van der Waals surface area contributed by atoms with E-state index in [-0.39, 0.29) is 5.75 Å². The Bertz CT molecular complexity index is 747. The number of phenolic OH excluding ortho intramolecular Hbond substituents is 1. The highest BCUT2D eigenvalue weighted by Gasteiger charge is 2.28. The maximum Gasteiger partial charge on any atom is 0.124 e. The van der Waals surface area contributed by atoms with Gasteiger partial charge in [0.2, 0.25) is 0 Å². The van der Waals surface area contributed by atoms with Crippen molar-refractivity contribution in [3.05, 3.63) is 46.6 Å². The zero-order valence-corrected chi connectivity index (χ0v) is 13.6. The van der Waals surface area contributed by atoms with Crippen LogP contribution in [0.1, 0.15) is 42.3 Å². The van der Waals surface area contributed by atoms with Gasteiger partial charge in [-0.3, -0.25) is 4.90 Å². The molecule has 23 heavy (non-hydrogen) atoms. The summed E-state index contributed by atoms with van der Waals surface area (Å²) in [6.45, 7) is 6.40. The van der Waals surface area contributed by atoms with Crippen LogP contribution >= 0.6 is 0 Å². The van der Waals surface area contributed by atoms with E-state index >= 15 is 0 Å². The van der Waals surface area contributed by atoms with Crippen molar-refractivity contribution in [2.24, 2.45) is 5.73 Å². The fourth-order valence-corrected chi connectivity index (χ4v) is 3.45. The van der Waals surface area contributed by atoms with Gasteiger partial charge in [-0.15, -0.1) is 0 Å². The standard InChI is InChI=1S/C18H24N4O/c1-3-22-9-8-15-17(11(22)2)13(18(20)21-15)10-14(19)12-6-4-5-7-16(12)23/h4-7,10-11,21,23H,3,8-9,19-20H2,1-2H3/b14-10-. The molecule has 1 atom stereocenters. The van der Waals surface area contributed by atoms with E-state index in [9.17, 15) is 5.11 Å². The summed E-state index contributed by atoms with van der Waals surface area (Å²) in [4.78, 5) is 5.72. The van der Waals surface area contributed by atoms with Gasteiger partial charge in [-0.05, 0) is 37.2 Å². The van der Waals surface area contributed by atoms with Crippen molar-refractivity contribution in [3.63, 3.8) is 0 Å². The lowest BCUT2D eigenvalue weighted by Gasteiger charge is -2.33. The second kappa shape index (κ2) is 6.01. The van der Waals surface area contributed by atoms with Gasteiger partial charge in [0.1, 0.15) is 11.6 Å². The number of nitrogens with one attached hydrogen (secondary N) is 1. The van der Waals surface area contributed by atoms with Crippen LogP contribution < -0.4 is 11.5 Å². The summed E-state index contributed by atoms with van der Waals surface area (Å²) in [6, 6.07) is 7.36. The lowest BCUT2D eigenvalue weighted by Crippen LogP contribution is -2.33. The van der Waals surface area contributed by atoms with Crippen LogP contribution in [0.25, 0.3) is 11.8 Å². The van der Waals surface area contributed by atoms with E-state index in [1.165, 1.54) is 11.3 Å². The van der Waals surface area contributed by atoms with Crippen LogP contribution in [0, 0.1) is 0 Å². The number of aromatic hydroxyl groups is 1. The Morgan fingerprint density at radius 1 is 1.43 bits per heavy atom. The Morgan fingerprint density at radius 2 is 2.17 bits per heavy atom. The minimum Gasteiger partial charge on any atom is -0.507 e. The van der Waals surface area contributed by atoms with E-state index in [1.54, 1.807) is 18.2 Å². The Hall–Kier alpha value is -2.40. The first-order chi connectivity index (χ1) is 11.0. The molecule has 0 radical (unpaired) electrons. The zero-order chi connectivity index (χ0) is 16.6. The lowest BCUT2D eigenvalue weighted by molar-refractivity contribution is 0.209. The highest BCUT2D eigenvalue weighted by atomic mass is 16.3. The van der Waals surface area contributed by atoms with E-state index in [2.05, 4.69) is 23.7 Å². The number of benzene rings is 1. The lowest BCUT2D eigenvalue weighted by atomic mass is 9.95. The largest absolute Gasteiger partial charge is 0.507 e. The van der Waals surface area contributed by atoms with Crippen molar-refractivity contribution in [1.29, 1.82) is 0 Å². The number of hydrogen-bond donors (Lipinski definition) is 4. The molecule has 0 amide bonds. The Labute approximate surface area is 136 Å². The molecule has 1 aliphatic heterocycles. The highest BCUT2D eigenvalue weighted by molar-refractivity contribution is 5.86. The number of likely N-dealkylation sites (N-methyl/N-ethyl adjacent to an activating group) is 1. The predicted molar refractivity (Wildman–Crippen MR) is 94.7 cm³/mol. The molecule has 5 nitrogen and oxygen atoms in total. The molecule has 1 unspecified atom stereocenters. The average molecular weight is 312 g/mol. The second-order valence-corrected chi connectivity index (χ2v) is 6.02. The summed E-state index contributed by atoms with van der Waals surface area (Å²) in [5, 5.41) is 9.98. The summed E-state index contributed by atoms with van der Waals surface area (Å²) < 4.78 is 0. The van der Waals surface area contributed by atoms with Crippen LogP contribution in [-0.2, 0) is 6.42 Å². The van der Waals surface area contributed by atoms with Crippen LogP contribution in [0.3, 0.4) is 0 Å². The van der Waals surface area contributed by atoms with Gasteiger partial charge in [0.25, 0.3) is 0 Å². The van der Waals surface area contributed by atoms with E-state index in [1.807, 2.05) is 12.1 Å². The summed E-state index contributed by atoms with van der Waals surface area (Å²) in [7, 11) is 0. The van der Waals surface area contributed by atoms with Crippen LogP contribution in [0.15, 0.2) is 24.3 Å². The van der Waals surface area contributed by atoms with E-state index in [4.69, 9.17) is 11.5 Å². The summed E-state index contributed by atoms with van der Waals surface area (Å²) in [6.07, 6.45) is 2.83. The first kappa shape index (κ1) is 15.5. The number of hydrogen-bond acceptors (Lipinski definition) is 4. The third kappa shape index (κ3) is 2.68. The first-order valence-corrected chi connectivity index (χ1v) is 8.02. The topological polar surface area (TPSA) is 91.3 Å². The SMILES string of the molecule is CCN1CCc2[nH]c(N)c(/C=C(\N)c3ccccc3O)c2C1C. The number of fused-ring (bicyclic) bond motifs is 1. The van der Waals surface area contributed by atoms with Gasteiger partial charge in [-0.25, -0.2) is 0 Å². The number of nitrogens with zero attached hydrogens (tertiary/aromatic N) is 1. The molecule has 1 aromatic carbocycles. The third-order valence-electron chi connectivity index (χ3n) is 4.73. The quantitative estimate of drug-likeness (QED) is 0.701. The fraction of sp³-hybridized carbons (Fsp3) is 0.333. The molecule has 6 N–H and O–H groups in total. The van der Waals surface area contributed by atoms with Gasteiger partial charge in [0.05, 0.1) is 0 Å². The number of aromatic nitrogens is 1. The van der Waals surface area contributed by atoms with Crippen LogP contribution in [0.2, 0.25) is 0 Å². The maximum atomic E-state index is 9.98. The van der Waals surface area contributed by atoms with Crippen LogP contribution in [0.4, 0.5) is 5.82 Å². The molecule has 0 aliphatic carbocycles. The Morgan fingerprint density at radius 3 is 2.87 bits per heavy atom. The minimum absolute atomic E-state index is 0.174. The van der Waals surface area contributed by atoms with Crippen molar-refractivity contribution in [3.8, 4) is 5.75 Å². The van der Waals surface area contributed by atoms with Crippen molar-refractivity contribution in [2.75, 3.05) is 18.8 Å². The molecule has 0 saturated carbocycles. The van der Waals surface area contributed by atoms with E-state index in [0.717, 1.165) is 25.1 Å². The maximum absolute atomic E-state index is 9.98. The molecule has 2 heterocycles.